The van der Waals surface area contributed by atoms with Crippen LogP contribution in [0.4, 0.5) is 0 Å². The Morgan fingerprint density at radius 3 is 1.16 bits per heavy atom. The molecule has 0 unspecified atom stereocenters. The number of rotatable bonds is 7. The van der Waals surface area contributed by atoms with Crippen LogP contribution in [0.25, 0.3) is 144 Å². The van der Waals surface area contributed by atoms with Gasteiger partial charge in [-0.1, -0.05) is 176 Å². The Bertz CT molecular complexity index is 4900. The maximum atomic E-state index is 5.16. The van der Waals surface area contributed by atoms with Gasteiger partial charge in [-0.15, -0.1) is 0 Å². The van der Waals surface area contributed by atoms with Crippen molar-refractivity contribution in [1.29, 1.82) is 0 Å². The largest absolute Gasteiger partial charge is 0.309 e. The van der Waals surface area contributed by atoms with Crippen molar-refractivity contribution in [3.63, 3.8) is 0 Å². The lowest BCUT2D eigenvalue weighted by Gasteiger charge is -2.11. The topological polar surface area (TPSA) is 58.4 Å². The van der Waals surface area contributed by atoms with E-state index in [9.17, 15) is 0 Å². The van der Waals surface area contributed by atoms with Gasteiger partial charge in [0.1, 0.15) is 0 Å². The zero-order valence-corrected chi connectivity index (χ0v) is 41.0. The van der Waals surface area contributed by atoms with Gasteiger partial charge >= 0.3 is 0 Å². The first-order chi connectivity index (χ1) is 37.7. The molecule has 0 amide bonds. The molecule has 0 aliphatic rings. The van der Waals surface area contributed by atoms with Crippen molar-refractivity contribution < 1.29 is 0 Å². The van der Waals surface area contributed by atoms with Crippen molar-refractivity contribution in [2.75, 3.05) is 0 Å². The molecule has 16 rings (SSSR count). The summed E-state index contributed by atoms with van der Waals surface area (Å²) in [7, 11) is 0. The van der Waals surface area contributed by atoms with Crippen LogP contribution in [-0.4, -0.2) is 33.2 Å². The number of para-hydroxylation sites is 5. The third-order valence-electron chi connectivity index (χ3n) is 15.4. The summed E-state index contributed by atoms with van der Waals surface area (Å²) in [5.41, 5.74) is 16.4. The highest BCUT2D eigenvalue weighted by Crippen LogP contribution is 2.46. The Labute approximate surface area is 436 Å². The molecule has 0 aliphatic heterocycles. The lowest BCUT2D eigenvalue weighted by atomic mass is 10.1. The van der Waals surface area contributed by atoms with Crippen molar-refractivity contribution in [2.45, 2.75) is 0 Å². The molecule has 0 aliphatic carbocycles. The van der Waals surface area contributed by atoms with Gasteiger partial charge in [0.2, 0.25) is 0 Å². The van der Waals surface area contributed by atoms with Crippen LogP contribution < -0.4 is 0 Å². The highest BCUT2D eigenvalue weighted by molar-refractivity contribution is 6.28. The molecule has 7 heteroatoms. The van der Waals surface area contributed by atoms with Crippen molar-refractivity contribution in [2.24, 2.45) is 0 Å². The number of hydrogen-bond acceptors (Lipinski definition) is 3. The Morgan fingerprint density at radius 2 is 0.592 bits per heavy atom. The Kier molecular flexibility index (Phi) is 9.20. The zero-order chi connectivity index (χ0) is 49.8. The second-order valence-corrected chi connectivity index (χ2v) is 19.6. The number of aromatic nitrogens is 7. The molecule has 0 fully saturated rings. The average molecular weight is 970 g/mol. The molecule has 5 aromatic heterocycles. The minimum absolute atomic E-state index is 0.617. The highest BCUT2D eigenvalue weighted by Gasteiger charge is 2.25. The van der Waals surface area contributed by atoms with Crippen molar-refractivity contribution in [3.05, 3.63) is 261 Å². The van der Waals surface area contributed by atoms with Gasteiger partial charge in [-0.25, -0.2) is 15.0 Å². The summed E-state index contributed by atoms with van der Waals surface area (Å²) < 4.78 is 9.82. The maximum Gasteiger partial charge on any atom is 0.164 e. The first kappa shape index (κ1) is 42.2. The molecular weight excluding hydrogens is 927 g/mol. The maximum absolute atomic E-state index is 5.16. The van der Waals surface area contributed by atoms with E-state index in [2.05, 4.69) is 243 Å². The minimum atomic E-state index is 0.617. The van der Waals surface area contributed by atoms with Crippen molar-refractivity contribution in [3.8, 4) is 56.9 Å². The summed E-state index contributed by atoms with van der Waals surface area (Å²) in [6.45, 7) is 0. The number of fused-ring (bicyclic) bond motifs is 14. The molecule has 5 heterocycles. The van der Waals surface area contributed by atoms with Crippen LogP contribution in [-0.2, 0) is 0 Å². The van der Waals surface area contributed by atoms with Gasteiger partial charge in [-0.2, -0.15) is 0 Å². The molecule has 16 aromatic rings. The van der Waals surface area contributed by atoms with Crippen molar-refractivity contribution >= 4 is 87.2 Å². The predicted molar refractivity (Wildman–Crippen MR) is 313 cm³/mol. The van der Waals surface area contributed by atoms with E-state index in [0.717, 1.165) is 77.9 Å². The van der Waals surface area contributed by atoms with Gasteiger partial charge in [0.15, 0.2) is 17.5 Å². The Morgan fingerprint density at radius 1 is 0.211 bits per heavy atom. The minimum Gasteiger partial charge on any atom is -0.309 e. The zero-order valence-electron chi connectivity index (χ0n) is 41.0. The van der Waals surface area contributed by atoms with Gasteiger partial charge in [0.25, 0.3) is 0 Å². The molecule has 0 saturated heterocycles. The van der Waals surface area contributed by atoms with Gasteiger partial charge in [-0.3, -0.25) is 0 Å². The molecular formula is C69H43N7. The van der Waals surface area contributed by atoms with Gasteiger partial charge in [0, 0.05) is 82.5 Å². The summed E-state index contributed by atoms with van der Waals surface area (Å²) in [4.78, 5) is 15.3. The molecule has 76 heavy (non-hydrogen) atoms. The van der Waals surface area contributed by atoms with Crippen LogP contribution in [0.2, 0.25) is 0 Å². The van der Waals surface area contributed by atoms with E-state index in [1.54, 1.807) is 0 Å². The summed E-state index contributed by atoms with van der Waals surface area (Å²) in [6, 6.07) is 93.4. The lowest BCUT2D eigenvalue weighted by Crippen LogP contribution is -2.00. The second-order valence-electron chi connectivity index (χ2n) is 19.6. The smallest absolute Gasteiger partial charge is 0.164 e. The molecule has 0 atom stereocenters. The molecule has 354 valence electrons. The molecule has 0 radical (unpaired) electrons. The molecule has 0 saturated carbocycles. The third-order valence-corrected chi connectivity index (χ3v) is 15.4. The number of nitrogens with zero attached hydrogens (tertiary/aromatic N) is 7. The van der Waals surface area contributed by atoms with E-state index in [1.807, 2.05) is 36.4 Å². The Balaban J connectivity index is 0.977. The molecule has 11 aromatic carbocycles. The summed E-state index contributed by atoms with van der Waals surface area (Å²) >= 11 is 0. The molecule has 0 spiro atoms. The van der Waals surface area contributed by atoms with E-state index in [1.165, 1.54) is 48.7 Å². The van der Waals surface area contributed by atoms with E-state index < -0.39 is 0 Å². The lowest BCUT2D eigenvalue weighted by molar-refractivity contribution is 1.07. The molecule has 0 N–H and O–H groups in total. The van der Waals surface area contributed by atoms with Crippen LogP contribution in [0.1, 0.15) is 0 Å². The molecule has 0 bridgehead atoms. The Hall–Kier alpha value is -10.4. The second kappa shape index (κ2) is 16.6. The van der Waals surface area contributed by atoms with Crippen LogP contribution in [0, 0.1) is 0 Å². The number of benzene rings is 11. The van der Waals surface area contributed by atoms with Gasteiger partial charge in [-0.05, 0) is 84.9 Å². The number of hydrogen-bond donors (Lipinski definition) is 0. The van der Waals surface area contributed by atoms with Gasteiger partial charge < -0.3 is 18.3 Å². The fourth-order valence-electron chi connectivity index (χ4n) is 12.1. The SMILES string of the molecule is c1ccc(-c2nc(-c3ccccc3)nc(-c3ccc4c5ccc6c(c7ccccc7n6-c6ccc7c(c6)c6c(ccc8c9ccccc9n(-c9ccccc9)c86)n7-c6ccccc6)c5n(-c5ccccc5)c4c3)n2)cc1. The van der Waals surface area contributed by atoms with E-state index in [0.29, 0.717) is 17.5 Å². The van der Waals surface area contributed by atoms with Crippen LogP contribution >= 0.6 is 0 Å². The van der Waals surface area contributed by atoms with Gasteiger partial charge in [0.05, 0.1) is 44.1 Å². The first-order valence-corrected chi connectivity index (χ1v) is 25.8. The standard InChI is InChI=1S/C69H43N7/c1-6-20-44(21-7-1)67-70-68(45-22-8-2-9-23-45)72-69(71-67)46-34-36-52-54-38-40-60-63(65(54)76(62(52)42-46)49-28-14-5-15-29-49)55-31-17-19-33-58(55)74(60)50-35-39-59-56(43-50)64-61(73(59)47-24-10-3-11-25-47)41-37-53-51-30-16-18-32-57(51)75(66(53)64)48-26-12-4-13-27-48/h1-43H. The van der Waals surface area contributed by atoms with E-state index in [4.69, 9.17) is 15.0 Å². The van der Waals surface area contributed by atoms with Crippen molar-refractivity contribution in [1.82, 2.24) is 33.2 Å². The summed E-state index contributed by atoms with van der Waals surface area (Å²) in [5, 5.41) is 9.54. The summed E-state index contributed by atoms with van der Waals surface area (Å²) in [5.74, 6) is 1.88. The van der Waals surface area contributed by atoms with E-state index in [-0.39, 0.29) is 0 Å². The van der Waals surface area contributed by atoms with Crippen LogP contribution in [0.3, 0.4) is 0 Å². The quantitative estimate of drug-likeness (QED) is 0.160. The van der Waals surface area contributed by atoms with Crippen LogP contribution in [0.5, 0.6) is 0 Å². The monoisotopic (exact) mass is 969 g/mol. The molecule has 7 nitrogen and oxygen atoms in total. The third kappa shape index (κ3) is 6.26. The average Bonchev–Trinajstić information content (AvgIpc) is 4.38. The highest BCUT2D eigenvalue weighted by atomic mass is 15.1. The first-order valence-electron chi connectivity index (χ1n) is 25.8. The predicted octanol–water partition coefficient (Wildman–Crippen LogP) is 17.3. The fourth-order valence-corrected chi connectivity index (χ4v) is 12.1. The summed E-state index contributed by atoms with van der Waals surface area (Å²) in [6.07, 6.45) is 0. The van der Waals surface area contributed by atoms with E-state index >= 15 is 0 Å². The fraction of sp³-hybridized carbons (Fsp3) is 0. The normalized spacial score (nSPS) is 11.9. The van der Waals surface area contributed by atoms with Crippen LogP contribution in [0.15, 0.2) is 261 Å².